The summed E-state index contributed by atoms with van der Waals surface area (Å²) >= 11 is 0. The summed E-state index contributed by atoms with van der Waals surface area (Å²) in [5.41, 5.74) is 2.32. The Balaban J connectivity index is 1.23. The molecule has 0 radical (unpaired) electrons. The number of hydrogen-bond acceptors (Lipinski definition) is 8. The lowest BCUT2D eigenvalue weighted by molar-refractivity contribution is -0.162. The van der Waals surface area contributed by atoms with Crippen LogP contribution in [0.25, 0.3) is 0 Å². The highest BCUT2D eigenvalue weighted by Crippen LogP contribution is 2.33. The molecule has 2 aliphatic heterocycles. The van der Waals surface area contributed by atoms with Gasteiger partial charge in [0.05, 0.1) is 45.2 Å². The van der Waals surface area contributed by atoms with Crippen LogP contribution < -0.4 is 14.2 Å². The molecule has 0 saturated carbocycles. The van der Waals surface area contributed by atoms with Crippen LogP contribution in [0.3, 0.4) is 0 Å². The molecule has 0 unspecified atom stereocenters. The molecule has 4 rings (SSSR count). The molecule has 2 fully saturated rings. The van der Waals surface area contributed by atoms with E-state index in [4.69, 9.17) is 33.2 Å². The van der Waals surface area contributed by atoms with Crippen molar-refractivity contribution in [2.45, 2.75) is 40.5 Å². The Morgan fingerprint density at radius 1 is 0.784 bits per heavy atom. The highest BCUT2D eigenvalue weighted by Gasteiger charge is 2.37. The number of carbonyl (C=O) groups is 1. The van der Waals surface area contributed by atoms with Crippen molar-refractivity contribution in [1.82, 2.24) is 0 Å². The molecule has 2 aliphatic rings. The molecule has 2 aromatic rings. The van der Waals surface area contributed by atoms with Gasteiger partial charge in [0.1, 0.15) is 17.2 Å². The predicted octanol–water partition coefficient (Wildman–Crippen LogP) is 5.08. The van der Waals surface area contributed by atoms with Gasteiger partial charge in [-0.1, -0.05) is 13.8 Å². The maximum absolute atomic E-state index is 12.7. The molecule has 0 N–H and O–H groups in total. The Kier molecular flexibility index (Phi) is 9.08. The summed E-state index contributed by atoms with van der Waals surface area (Å²) in [7, 11) is 0. The summed E-state index contributed by atoms with van der Waals surface area (Å²) < 4.78 is 39.2. The topological polar surface area (TPSA) is 81.7 Å². The van der Waals surface area contributed by atoms with Crippen molar-refractivity contribution >= 4 is 5.97 Å². The first-order chi connectivity index (χ1) is 17.9. The Labute approximate surface area is 219 Å². The fourth-order valence-corrected chi connectivity index (χ4v) is 4.17. The smallest absolute Gasteiger partial charge is 0.343 e. The van der Waals surface area contributed by atoms with Gasteiger partial charge in [0.25, 0.3) is 0 Å². The monoisotopic (exact) mass is 514 g/mol. The molecule has 0 atom stereocenters. The van der Waals surface area contributed by atoms with E-state index >= 15 is 0 Å². The van der Waals surface area contributed by atoms with E-state index in [0.717, 1.165) is 50.4 Å². The highest BCUT2D eigenvalue weighted by molar-refractivity contribution is 5.91. The van der Waals surface area contributed by atoms with Crippen molar-refractivity contribution in [3.8, 4) is 17.2 Å². The minimum absolute atomic E-state index is 0.119. The largest absolute Gasteiger partial charge is 0.468 e. The van der Waals surface area contributed by atoms with Crippen molar-refractivity contribution in [3.05, 3.63) is 53.1 Å². The van der Waals surface area contributed by atoms with E-state index in [1.165, 1.54) is 0 Å². The molecule has 8 nitrogen and oxygen atoms in total. The van der Waals surface area contributed by atoms with Gasteiger partial charge in [0, 0.05) is 10.8 Å². The third kappa shape index (κ3) is 6.82. The first-order valence-corrected chi connectivity index (χ1v) is 12.9. The number of ether oxygens (including phenoxy) is 7. The van der Waals surface area contributed by atoms with Crippen molar-refractivity contribution in [1.29, 1.82) is 0 Å². The average molecular weight is 515 g/mol. The van der Waals surface area contributed by atoms with Crippen LogP contribution in [-0.4, -0.2) is 59.2 Å². The first-order valence-electron chi connectivity index (χ1n) is 12.9. The van der Waals surface area contributed by atoms with Crippen molar-refractivity contribution < 1.29 is 38.0 Å². The number of aryl methyl sites for hydroxylation is 2. The van der Waals surface area contributed by atoms with E-state index in [9.17, 15) is 4.79 Å². The van der Waals surface area contributed by atoms with Crippen molar-refractivity contribution in [2.24, 2.45) is 10.8 Å². The first kappa shape index (κ1) is 27.4. The second kappa shape index (κ2) is 12.3. The van der Waals surface area contributed by atoms with E-state index < -0.39 is 5.97 Å². The SMILES string of the molecule is CCC1(COCOc2ccc(C(=O)Oc3cc(C)c(OCOCC4(CC)COC4)cc3C)cc2)COC1. The predicted molar refractivity (Wildman–Crippen MR) is 137 cm³/mol. The molecule has 2 aromatic carbocycles. The van der Waals surface area contributed by atoms with Gasteiger partial charge in [-0.2, -0.15) is 0 Å². The fraction of sp³-hybridized carbons (Fsp3) is 0.552. The van der Waals surface area contributed by atoms with Gasteiger partial charge < -0.3 is 33.2 Å². The van der Waals surface area contributed by atoms with Crippen LogP contribution in [0.4, 0.5) is 0 Å². The Bertz CT molecular complexity index is 1030. The molecule has 37 heavy (non-hydrogen) atoms. The van der Waals surface area contributed by atoms with Crippen molar-refractivity contribution in [2.75, 3.05) is 53.2 Å². The lowest BCUT2D eigenvalue weighted by Gasteiger charge is -2.40. The third-order valence-corrected chi connectivity index (χ3v) is 7.32. The summed E-state index contributed by atoms with van der Waals surface area (Å²) in [6.07, 6.45) is 2.04. The van der Waals surface area contributed by atoms with Crippen LogP contribution in [0.1, 0.15) is 48.2 Å². The molecule has 8 heteroatoms. The van der Waals surface area contributed by atoms with Gasteiger partial charge in [-0.15, -0.1) is 0 Å². The van der Waals surface area contributed by atoms with E-state index in [2.05, 4.69) is 13.8 Å². The quantitative estimate of drug-likeness (QED) is 0.149. The van der Waals surface area contributed by atoms with Gasteiger partial charge >= 0.3 is 5.97 Å². The number of esters is 1. The summed E-state index contributed by atoms with van der Waals surface area (Å²) in [4.78, 5) is 12.7. The van der Waals surface area contributed by atoms with Crippen LogP contribution >= 0.6 is 0 Å². The Morgan fingerprint density at radius 3 is 1.81 bits per heavy atom. The third-order valence-electron chi connectivity index (χ3n) is 7.32. The van der Waals surface area contributed by atoms with E-state index in [1.807, 2.05) is 19.9 Å². The van der Waals surface area contributed by atoms with Gasteiger partial charge in [0.15, 0.2) is 13.6 Å². The summed E-state index contributed by atoms with van der Waals surface area (Å²) in [6.45, 7) is 12.6. The van der Waals surface area contributed by atoms with E-state index in [1.54, 1.807) is 30.3 Å². The Hall–Kier alpha value is -2.65. The number of benzene rings is 2. The molecule has 0 spiro atoms. The zero-order valence-corrected chi connectivity index (χ0v) is 22.3. The molecule has 0 amide bonds. The normalized spacial score (nSPS) is 17.4. The molecular formula is C29H38O8. The summed E-state index contributed by atoms with van der Waals surface area (Å²) in [6, 6.07) is 10.5. The number of rotatable bonds is 14. The number of hydrogen-bond donors (Lipinski definition) is 0. The average Bonchev–Trinajstić information content (AvgIpc) is 2.85. The molecule has 2 heterocycles. The highest BCUT2D eigenvalue weighted by atomic mass is 16.7. The van der Waals surface area contributed by atoms with Gasteiger partial charge in [-0.05, 0) is 74.2 Å². The molecule has 2 saturated heterocycles. The van der Waals surface area contributed by atoms with Crippen LogP contribution in [0.2, 0.25) is 0 Å². The maximum Gasteiger partial charge on any atom is 0.343 e. The zero-order chi connectivity index (χ0) is 26.3. The molecule has 0 aromatic heterocycles. The van der Waals surface area contributed by atoms with E-state index in [-0.39, 0.29) is 24.4 Å². The lowest BCUT2D eigenvalue weighted by Crippen LogP contribution is -2.45. The summed E-state index contributed by atoms with van der Waals surface area (Å²) in [5.74, 6) is 1.37. The lowest BCUT2D eigenvalue weighted by atomic mass is 9.84. The van der Waals surface area contributed by atoms with Gasteiger partial charge in [0.2, 0.25) is 0 Å². The van der Waals surface area contributed by atoms with E-state index in [0.29, 0.717) is 36.0 Å². The maximum atomic E-state index is 12.7. The van der Waals surface area contributed by atoms with Crippen LogP contribution in [0, 0.1) is 24.7 Å². The zero-order valence-electron chi connectivity index (χ0n) is 22.3. The Morgan fingerprint density at radius 2 is 1.30 bits per heavy atom. The molecule has 202 valence electrons. The van der Waals surface area contributed by atoms with Crippen LogP contribution in [0.5, 0.6) is 17.2 Å². The van der Waals surface area contributed by atoms with Crippen molar-refractivity contribution in [3.63, 3.8) is 0 Å². The minimum atomic E-state index is -0.440. The minimum Gasteiger partial charge on any atom is -0.468 e. The summed E-state index contributed by atoms with van der Waals surface area (Å²) in [5, 5.41) is 0. The van der Waals surface area contributed by atoms with Crippen LogP contribution in [-0.2, 0) is 18.9 Å². The second-order valence-electron chi connectivity index (χ2n) is 10.2. The number of carbonyl (C=O) groups excluding carboxylic acids is 1. The van der Waals surface area contributed by atoms with Gasteiger partial charge in [-0.25, -0.2) is 4.79 Å². The van der Waals surface area contributed by atoms with Gasteiger partial charge in [-0.3, -0.25) is 0 Å². The van der Waals surface area contributed by atoms with Crippen LogP contribution in [0.15, 0.2) is 36.4 Å². The fourth-order valence-electron chi connectivity index (χ4n) is 4.17. The molecule has 0 bridgehead atoms. The second-order valence-corrected chi connectivity index (χ2v) is 10.2. The molecular weight excluding hydrogens is 476 g/mol. The standard InChI is InChI=1S/C29H38O8/c1-5-28(13-31-14-28)17-33-19-35-24-9-7-23(8-10-24)27(30)37-26-12-21(3)25(11-22(26)4)36-20-34-18-29(6-2)15-32-16-29/h7-12H,5-6,13-20H2,1-4H3. The molecule has 0 aliphatic carbocycles.